The number of aromatic nitrogens is 4. The first-order valence-electron chi connectivity index (χ1n) is 10.7. The van der Waals surface area contributed by atoms with Gasteiger partial charge in [0.05, 0.1) is 6.42 Å². The maximum absolute atomic E-state index is 12.4. The summed E-state index contributed by atoms with van der Waals surface area (Å²) in [6.07, 6.45) is 5.17. The van der Waals surface area contributed by atoms with Gasteiger partial charge in [-0.25, -0.2) is 9.50 Å². The monoisotopic (exact) mass is 453 g/mol. The van der Waals surface area contributed by atoms with Crippen molar-refractivity contribution in [3.63, 3.8) is 0 Å². The Bertz CT molecular complexity index is 1140. The molecular weight excluding hydrogens is 426 g/mol. The van der Waals surface area contributed by atoms with Crippen molar-refractivity contribution in [1.29, 1.82) is 0 Å². The Balaban J connectivity index is 1.33. The summed E-state index contributed by atoms with van der Waals surface area (Å²) in [7, 11) is 0. The first-order valence-corrected chi connectivity index (χ1v) is 11.9. The van der Waals surface area contributed by atoms with Crippen molar-refractivity contribution in [2.45, 2.75) is 50.1 Å². The van der Waals surface area contributed by atoms with Gasteiger partial charge >= 0.3 is 5.97 Å². The van der Waals surface area contributed by atoms with Gasteiger partial charge in [-0.15, -0.1) is 5.10 Å². The summed E-state index contributed by atoms with van der Waals surface area (Å²) >= 11 is 1.43. The van der Waals surface area contributed by atoms with Gasteiger partial charge in [0.15, 0.2) is 6.61 Å². The van der Waals surface area contributed by atoms with E-state index < -0.39 is 5.97 Å². The SMILES string of the molecule is CSc1nc2nc(C)c(CC(=O)OCC(=O)NCC3(c4ccccc4)CCC3)c(C)n2n1. The quantitative estimate of drug-likeness (QED) is 0.414. The standard InChI is InChI=1S/C23H27N5O3S/c1-15-18(16(2)28-21(25-15)26-22(27-28)32-3)12-20(30)31-13-19(29)24-14-23(10-7-11-23)17-8-5-4-6-9-17/h4-6,8-9H,7,10-14H2,1-3H3,(H,24,29). The van der Waals surface area contributed by atoms with Crippen molar-refractivity contribution in [3.05, 3.63) is 52.8 Å². The molecule has 1 N–H and O–H groups in total. The number of carbonyl (C=O) groups excluding carboxylic acids is 2. The van der Waals surface area contributed by atoms with Gasteiger partial charge in [-0.2, -0.15) is 4.98 Å². The third kappa shape index (κ3) is 4.48. The molecule has 0 atom stereocenters. The van der Waals surface area contributed by atoms with Crippen LogP contribution in [-0.4, -0.2) is 50.9 Å². The maximum Gasteiger partial charge on any atom is 0.310 e. The zero-order valence-corrected chi connectivity index (χ0v) is 19.4. The van der Waals surface area contributed by atoms with E-state index in [1.807, 2.05) is 38.3 Å². The second-order valence-electron chi connectivity index (χ2n) is 8.19. The summed E-state index contributed by atoms with van der Waals surface area (Å²) in [5, 5.41) is 7.96. The number of ether oxygens (including phenoxy) is 1. The van der Waals surface area contributed by atoms with Crippen LogP contribution in [0.25, 0.3) is 5.78 Å². The number of hydrogen-bond acceptors (Lipinski definition) is 7. The van der Waals surface area contributed by atoms with Crippen LogP contribution in [0, 0.1) is 13.8 Å². The Morgan fingerprint density at radius 1 is 1.19 bits per heavy atom. The molecule has 0 spiro atoms. The van der Waals surface area contributed by atoms with Gasteiger partial charge in [0, 0.05) is 28.9 Å². The smallest absolute Gasteiger partial charge is 0.310 e. The lowest BCUT2D eigenvalue weighted by atomic mass is 9.64. The van der Waals surface area contributed by atoms with Gasteiger partial charge in [0.1, 0.15) is 0 Å². The topological polar surface area (TPSA) is 98.5 Å². The highest BCUT2D eigenvalue weighted by Crippen LogP contribution is 2.43. The number of amides is 1. The predicted octanol–water partition coefficient (Wildman–Crippen LogP) is 2.79. The van der Waals surface area contributed by atoms with E-state index in [9.17, 15) is 9.59 Å². The second-order valence-corrected chi connectivity index (χ2v) is 8.96. The minimum absolute atomic E-state index is 0.0103. The highest BCUT2D eigenvalue weighted by atomic mass is 32.2. The van der Waals surface area contributed by atoms with E-state index in [4.69, 9.17) is 4.74 Å². The molecule has 0 radical (unpaired) electrons. The largest absolute Gasteiger partial charge is 0.455 e. The molecule has 8 nitrogen and oxygen atoms in total. The summed E-state index contributed by atoms with van der Waals surface area (Å²) < 4.78 is 6.89. The van der Waals surface area contributed by atoms with E-state index in [0.29, 0.717) is 23.2 Å². The van der Waals surface area contributed by atoms with Gasteiger partial charge in [0.25, 0.3) is 11.7 Å². The number of esters is 1. The summed E-state index contributed by atoms with van der Waals surface area (Å²) in [6.45, 7) is 3.96. The van der Waals surface area contributed by atoms with E-state index in [0.717, 1.165) is 30.5 Å². The van der Waals surface area contributed by atoms with E-state index in [1.165, 1.54) is 17.3 Å². The summed E-state index contributed by atoms with van der Waals surface area (Å²) in [5.41, 5.74) is 3.46. The molecule has 1 aliphatic rings. The van der Waals surface area contributed by atoms with Crippen LogP contribution < -0.4 is 5.32 Å². The minimum atomic E-state index is -0.473. The fourth-order valence-corrected chi connectivity index (χ4v) is 4.49. The molecule has 1 amide bonds. The Labute approximate surface area is 191 Å². The molecule has 4 rings (SSSR count). The molecule has 2 aromatic heterocycles. The number of nitrogens with zero attached hydrogens (tertiary/aromatic N) is 4. The number of rotatable bonds is 8. The number of hydrogen-bond donors (Lipinski definition) is 1. The summed E-state index contributed by atoms with van der Waals surface area (Å²) in [6, 6.07) is 10.3. The van der Waals surface area contributed by atoms with Crippen LogP contribution in [0.1, 0.15) is 41.8 Å². The van der Waals surface area contributed by atoms with Crippen molar-refractivity contribution in [3.8, 4) is 0 Å². The second kappa shape index (κ2) is 9.28. The van der Waals surface area contributed by atoms with E-state index >= 15 is 0 Å². The molecule has 2 heterocycles. The van der Waals surface area contributed by atoms with Crippen molar-refractivity contribution in [2.24, 2.45) is 0 Å². The molecule has 0 bridgehead atoms. The van der Waals surface area contributed by atoms with E-state index in [2.05, 4.69) is 32.5 Å². The van der Waals surface area contributed by atoms with Crippen LogP contribution in [-0.2, 0) is 26.2 Å². The lowest BCUT2D eigenvalue weighted by Gasteiger charge is -2.42. The zero-order chi connectivity index (χ0) is 22.7. The maximum atomic E-state index is 12.4. The molecule has 168 valence electrons. The van der Waals surface area contributed by atoms with Gasteiger partial charge in [0.2, 0.25) is 5.16 Å². The van der Waals surface area contributed by atoms with Crippen LogP contribution in [0.4, 0.5) is 0 Å². The lowest BCUT2D eigenvalue weighted by molar-refractivity contribution is -0.148. The Kier molecular flexibility index (Phi) is 6.45. The molecule has 32 heavy (non-hydrogen) atoms. The first-order chi connectivity index (χ1) is 15.4. The number of aryl methyl sites for hydroxylation is 2. The van der Waals surface area contributed by atoms with Gasteiger partial charge in [-0.1, -0.05) is 48.5 Å². The lowest BCUT2D eigenvalue weighted by Crippen LogP contribution is -2.46. The third-order valence-electron chi connectivity index (χ3n) is 6.22. The molecule has 0 unspecified atom stereocenters. The zero-order valence-electron chi connectivity index (χ0n) is 18.6. The minimum Gasteiger partial charge on any atom is -0.455 e. The number of benzene rings is 1. The molecular formula is C23H27N5O3S. The highest BCUT2D eigenvalue weighted by Gasteiger charge is 2.38. The number of nitrogens with one attached hydrogen (secondary N) is 1. The molecule has 1 saturated carbocycles. The van der Waals surface area contributed by atoms with E-state index in [-0.39, 0.29) is 24.3 Å². The molecule has 3 aromatic rings. The van der Waals surface area contributed by atoms with E-state index in [1.54, 1.807) is 4.52 Å². The first kappa shape index (κ1) is 22.3. The Morgan fingerprint density at radius 3 is 2.59 bits per heavy atom. The van der Waals surface area contributed by atoms with Crippen molar-refractivity contribution in [2.75, 3.05) is 19.4 Å². The van der Waals surface area contributed by atoms with Crippen LogP contribution in [0.5, 0.6) is 0 Å². The molecule has 1 aliphatic carbocycles. The van der Waals surface area contributed by atoms with Gasteiger partial charge in [-0.05, 0) is 38.5 Å². The normalized spacial score (nSPS) is 14.7. The van der Waals surface area contributed by atoms with Crippen LogP contribution >= 0.6 is 11.8 Å². The van der Waals surface area contributed by atoms with Crippen LogP contribution in [0.2, 0.25) is 0 Å². The van der Waals surface area contributed by atoms with Crippen molar-refractivity contribution < 1.29 is 14.3 Å². The van der Waals surface area contributed by atoms with Crippen LogP contribution in [0.15, 0.2) is 35.5 Å². The molecule has 1 fully saturated rings. The summed E-state index contributed by atoms with van der Waals surface area (Å²) in [4.78, 5) is 33.6. The number of thioether (sulfide) groups is 1. The summed E-state index contributed by atoms with van der Waals surface area (Å²) in [5.74, 6) is -0.258. The fourth-order valence-electron chi connectivity index (χ4n) is 4.16. The molecule has 1 aromatic carbocycles. The predicted molar refractivity (Wildman–Crippen MR) is 122 cm³/mol. The molecule has 0 aliphatic heterocycles. The molecule has 0 saturated heterocycles. The average molecular weight is 454 g/mol. The third-order valence-corrected chi connectivity index (χ3v) is 6.76. The number of fused-ring (bicyclic) bond motifs is 1. The van der Waals surface area contributed by atoms with Gasteiger partial charge < -0.3 is 10.1 Å². The Hall–Kier alpha value is -2.94. The highest BCUT2D eigenvalue weighted by molar-refractivity contribution is 7.98. The molecule has 9 heteroatoms. The van der Waals surface area contributed by atoms with Gasteiger partial charge in [-0.3, -0.25) is 9.59 Å². The van der Waals surface area contributed by atoms with Crippen molar-refractivity contribution in [1.82, 2.24) is 24.9 Å². The Morgan fingerprint density at radius 2 is 1.94 bits per heavy atom. The van der Waals surface area contributed by atoms with Crippen molar-refractivity contribution >= 4 is 29.4 Å². The average Bonchev–Trinajstić information content (AvgIpc) is 3.18. The fraction of sp³-hybridized carbons (Fsp3) is 0.435. The number of carbonyl (C=O) groups is 2. The van der Waals surface area contributed by atoms with Crippen LogP contribution in [0.3, 0.4) is 0 Å².